The molecule has 2 N–H and O–H groups in total. The molecular formula is C20H33N3O2. The first-order chi connectivity index (χ1) is 12.1. The van der Waals surface area contributed by atoms with Crippen LogP contribution in [0.2, 0.25) is 0 Å². The Balaban J connectivity index is 1.88. The molecule has 0 bridgehead atoms. The summed E-state index contributed by atoms with van der Waals surface area (Å²) in [6.07, 6.45) is 3.58. The van der Waals surface area contributed by atoms with Crippen LogP contribution in [0, 0.1) is 12.8 Å². The van der Waals surface area contributed by atoms with E-state index in [1.165, 1.54) is 5.56 Å². The van der Waals surface area contributed by atoms with Gasteiger partial charge >= 0.3 is 0 Å². The average molecular weight is 348 g/mol. The number of guanidine groups is 1. The van der Waals surface area contributed by atoms with E-state index in [0.717, 1.165) is 49.7 Å². The third kappa shape index (κ3) is 6.94. The standard InChI is InChI=1S/C20H33N3O2/c1-15(2)9-10-22-20(21-4)23-13-17-8-7-16(3)12-19(17)25-14-18-6-5-11-24-18/h7-8,12,15,18H,5-6,9-11,13-14H2,1-4H3,(H2,21,22,23). The van der Waals surface area contributed by atoms with Crippen LogP contribution in [0.25, 0.3) is 0 Å². The van der Waals surface area contributed by atoms with Crippen LogP contribution < -0.4 is 15.4 Å². The molecular weight excluding hydrogens is 314 g/mol. The molecule has 5 nitrogen and oxygen atoms in total. The van der Waals surface area contributed by atoms with Crippen molar-refractivity contribution in [3.8, 4) is 5.75 Å². The topological polar surface area (TPSA) is 54.9 Å². The zero-order chi connectivity index (χ0) is 18.1. The number of aryl methyl sites for hydroxylation is 1. The molecule has 0 aliphatic carbocycles. The Morgan fingerprint density at radius 3 is 2.88 bits per heavy atom. The van der Waals surface area contributed by atoms with E-state index in [2.05, 4.69) is 54.6 Å². The van der Waals surface area contributed by atoms with Gasteiger partial charge in [-0.05, 0) is 43.7 Å². The van der Waals surface area contributed by atoms with Gasteiger partial charge in [0.25, 0.3) is 0 Å². The molecule has 1 saturated heterocycles. The molecule has 1 heterocycles. The highest BCUT2D eigenvalue weighted by molar-refractivity contribution is 5.79. The third-order valence-electron chi connectivity index (χ3n) is 4.36. The molecule has 1 aliphatic rings. The Bertz CT molecular complexity index is 552. The smallest absolute Gasteiger partial charge is 0.191 e. The number of rotatable bonds is 8. The minimum Gasteiger partial charge on any atom is -0.491 e. The second-order valence-corrected chi connectivity index (χ2v) is 7.09. The summed E-state index contributed by atoms with van der Waals surface area (Å²) in [6.45, 7) is 9.62. The van der Waals surface area contributed by atoms with Gasteiger partial charge < -0.3 is 20.1 Å². The lowest BCUT2D eigenvalue weighted by atomic mass is 10.1. The summed E-state index contributed by atoms with van der Waals surface area (Å²) < 4.78 is 11.7. The fourth-order valence-corrected chi connectivity index (χ4v) is 2.78. The molecule has 2 rings (SSSR count). The van der Waals surface area contributed by atoms with Crippen molar-refractivity contribution >= 4 is 5.96 Å². The van der Waals surface area contributed by atoms with Gasteiger partial charge in [-0.25, -0.2) is 0 Å². The highest BCUT2D eigenvalue weighted by Gasteiger charge is 2.17. The third-order valence-corrected chi connectivity index (χ3v) is 4.36. The predicted octanol–water partition coefficient (Wildman–Crippen LogP) is 3.26. The first-order valence-electron chi connectivity index (χ1n) is 9.37. The first-order valence-corrected chi connectivity index (χ1v) is 9.37. The van der Waals surface area contributed by atoms with E-state index in [9.17, 15) is 0 Å². The van der Waals surface area contributed by atoms with E-state index < -0.39 is 0 Å². The molecule has 0 saturated carbocycles. The van der Waals surface area contributed by atoms with Gasteiger partial charge in [-0.15, -0.1) is 0 Å². The van der Waals surface area contributed by atoms with Gasteiger partial charge in [-0.1, -0.05) is 26.0 Å². The molecule has 0 radical (unpaired) electrons. The van der Waals surface area contributed by atoms with Crippen molar-refractivity contribution in [3.05, 3.63) is 29.3 Å². The summed E-state index contributed by atoms with van der Waals surface area (Å²) in [7, 11) is 1.80. The fourth-order valence-electron chi connectivity index (χ4n) is 2.78. The fraction of sp³-hybridized carbons (Fsp3) is 0.650. The summed E-state index contributed by atoms with van der Waals surface area (Å²) in [5.41, 5.74) is 2.33. The van der Waals surface area contributed by atoms with Crippen molar-refractivity contribution < 1.29 is 9.47 Å². The van der Waals surface area contributed by atoms with Gasteiger partial charge in [-0.2, -0.15) is 0 Å². The minimum absolute atomic E-state index is 0.229. The van der Waals surface area contributed by atoms with Crippen molar-refractivity contribution in [2.45, 2.75) is 52.7 Å². The van der Waals surface area contributed by atoms with Crippen molar-refractivity contribution in [3.63, 3.8) is 0 Å². The Labute approximate surface area is 152 Å². The summed E-state index contributed by atoms with van der Waals surface area (Å²) in [5, 5.41) is 6.73. The van der Waals surface area contributed by atoms with Crippen LogP contribution in [0.5, 0.6) is 5.75 Å². The number of ether oxygens (including phenoxy) is 2. The lowest BCUT2D eigenvalue weighted by Crippen LogP contribution is -2.37. The van der Waals surface area contributed by atoms with Gasteiger partial charge in [0, 0.05) is 32.3 Å². The highest BCUT2D eigenvalue weighted by atomic mass is 16.5. The van der Waals surface area contributed by atoms with Gasteiger partial charge in [-0.3, -0.25) is 4.99 Å². The molecule has 1 aromatic carbocycles. The summed E-state index contributed by atoms with van der Waals surface area (Å²) in [4.78, 5) is 4.29. The van der Waals surface area contributed by atoms with E-state index >= 15 is 0 Å². The van der Waals surface area contributed by atoms with Crippen LogP contribution in [0.4, 0.5) is 0 Å². The minimum atomic E-state index is 0.229. The Morgan fingerprint density at radius 1 is 1.36 bits per heavy atom. The van der Waals surface area contributed by atoms with E-state index in [0.29, 0.717) is 19.1 Å². The number of hydrogen-bond acceptors (Lipinski definition) is 3. The van der Waals surface area contributed by atoms with E-state index in [1.807, 2.05) is 0 Å². The Kier molecular flexibility index (Phi) is 8.06. The van der Waals surface area contributed by atoms with Crippen LogP contribution in [0.15, 0.2) is 23.2 Å². The zero-order valence-corrected chi connectivity index (χ0v) is 16.1. The number of benzene rings is 1. The van der Waals surface area contributed by atoms with Crippen molar-refractivity contribution in [1.82, 2.24) is 10.6 Å². The second-order valence-electron chi connectivity index (χ2n) is 7.09. The number of hydrogen-bond donors (Lipinski definition) is 2. The van der Waals surface area contributed by atoms with Crippen molar-refractivity contribution in [2.24, 2.45) is 10.9 Å². The molecule has 5 heteroatoms. The molecule has 140 valence electrons. The van der Waals surface area contributed by atoms with E-state index in [1.54, 1.807) is 7.05 Å². The molecule has 1 unspecified atom stereocenters. The van der Waals surface area contributed by atoms with Crippen molar-refractivity contribution in [1.29, 1.82) is 0 Å². The number of aliphatic imine (C=N–C) groups is 1. The quantitative estimate of drug-likeness (QED) is 0.560. The number of nitrogens with zero attached hydrogens (tertiary/aromatic N) is 1. The highest BCUT2D eigenvalue weighted by Crippen LogP contribution is 2.22. The van der Waals surface area contributed by atoms with Crippen LogP contribution in [0.1, 0.15) is 44.2 Å². The van der Waals surface area contributed by atoms with Gasteiger partial charge in [0.15, 0.2) is 5.96 Å². The molecule has 1 aliphatic heterocycles. The van der Waals surface area contributed by atoms with Gasteiger partial charge in [0.1, 0.15) is 12.4 Å². The van der Waals surface area contributed by atoms with E-state index in [4.69, 9.17) is 9.47 Å². The summed E-state index contributed by atoms with van der Waals surface area (Å²) in [5.74, 6) is 2.44. The predicted molar refractivity (Wildman–Crippen MR) is 103 cm³/mol. The molecule has 1 atom stereocenters. The number of nitrogens with one attached hydrogen (secondary N) is 2. The first kappa shape index (κ1) is 19.6. The lowest BCUT2D eigenvalue weighted by molar-refractivity contribution is 0.0676. The maximum Gasteiger partial charge on any atom is 0.191 e. The monoisotopic (exact) mass is 347 g/mol. The van der Waals surface area contributed by atoms with Crippen LogP contribution in [-0.4, -0.2) is 38.9 Å². The normalized spacial score (nSPS) is 17.8. The van der Waals surface area contributed by atoms with E-state index in [-0.39, 0.29) is 6.10 Å². The van der Waals surface area contributed by atoms with Gasteiger partial charge in [0.2, 0.25) is 0 Å². The van der Waals surface area contributed by atoms with Crippen LogP contribution >= 0.6 is 0 Å². The largest absolute Gasteiger partial charge is 0.491 e. The zero-order valence-electron chi connectivity index (χ0n) is 16.1. The molecule has 0 aromatic heterocycles. The lowest BCUT2D eigenvalue weighted by Gasteiger charge is -2.17. The molecule has 25 heavy (non-hydrogen) atoms. The summed E-state index contributed by atoms with van der Waals surface area (Å²) in [6, 6.07) is 6.33. The molecule has 0 spiro atoms. The second kappa shape index (κ2) is 10.3. The van der Waals surface area contributed by atoms with Crippen LogP contribution in [0.3, 0.4) is 0 Å². The summed E-state index contributed by atoms with van der Waals surface area (Å²) >= 11 is 0. The molecule has 1 fully saturated rings. The molecule has 1 aromatic rings. The maximum atomic E-state index is 6.06. The average Bonchev–Trinajstić information content (AvgIpc) is 3.10. The molecule has 0 amide bonds. The Morgan fingerprint density at radius 2 is 2.20 bits per heavy atom. The van der Waals surface area contributed by atoms with Crippen LogP contribution in [-0.2, 0) is 11.3 Å². The maximum absolute atomic E-state index is 6.06. The SMILES string of the molecule is CN=C(NCCC(C)C)NCc1ccc(C)cc1OCC1CCCO1. The van der Waals surface area contributed by atoms with Gasteiger partial charge in [0.05, 0.1) is 6.10 Å². The van der Waals surface area contributed by atoms with Crippen molar-refractivity contribution in [2.75, 3.05) is 26.8 Å². The Hall–Kier alpha value is -1.75.